The van der Waals surface area contributed by atoms with Crippen molar-refractivity contribution in [2.75, 3.05) is 6.54 Å². The molecular formula is C16H15NO4. The Balaban J connectivity index is 2.01. The van der Waals surface area contributed by atoms with Crippen LogP contribution in [0.2, 0.25) is 0 Å². The molecule has 2 heterocycles. The Bertz CT molecular complexity index is 770. The third-order valence-corrected chi connectivity index (χ3v) is 4.42. The van der Waals surface area contributed by atoms with Crippen LogP contribution >= 0.6 is 0 Å². The van der Waals surface area contributed by atoms with Gasteiger partial charge in [-0.15, -0.1) is 0 Å². The van der Waals surface area contributed by atoms with Crippen LogP contribution in [0.1, 0.15) is 28.2 Å². The Morgan fingerprint density at radius 3 is 2.81 bits per heavy atom. The Labute approximate surface area is 121 Å². The third kappa shape index (κ3) is 1.55. The van der Waals surface area contributed by atoms with E-state index in [2.05, 4.69) is 5.32 Å². The molecular weight excluding hydrogens is 270 g/mol. The van der Waals surface area contributed by atoms with Crippen LogP contribution in [0.3, 0.4) is 0 Å². The van der Waals surface area contributed by atoms with Gasteiger partial charge >= 0.3 is 0 Å². The van der Waals surface area contributed by atoms with Crippen LogP contribution in [0, 0.1) is 6.92 Å². The molecule has 0 saturated carbocycles. The van der Waals surface area contributed by atoms with Crippen molar-refractivity contribution in [3.63, 3.8) is 0 Å². The second-order valence-corrected chi connectivity index (χ2v) is 5.55. The van der Waals surface area contributed by atoms with Gasteiger partial charge in [-0.1, -0.05) is 6.07 Å². The zero-order chi connectivity index (χ0) is 14.7. The summed E-state index contributed by atoms with van der Waals surface area (Å²) in [6, 6.07) is 4.83. The highest BCUT2D eigenvalue weighted by atomic mass is 16.5. The first kappa shape index (κ1) is 12.3. The van der Waals surface area contributed by atoms with Gasteiger partial charge in [0.15, 0.2) is 11.5 Å². The maximum Gasteiger partial charge on any atom is 0.201 e. The van der Waals surface area contributed by atoms with E-state index in [0.29, 0.717) is 12.3 Å². The minimum Gasteiger partial charge on any atom is -0.508 e. The van der Waals surface area contributed by atoms with Gasteiger partial charge < -0.3 is 25.4 Å². The molecule has 4 N–H and O–H groups in total. The Hall–Kier alpha value is -2.40. The zero-order valence-corrected chi connectivity index (χ0v) is 11.5. The molecule has 0 radical (unpaired) electrons. The highest BCUT2D eigenvalue weighted by Gasteiger charge is 2.35. The standard InChI is InChI=1S/C16H15NO4/c1-7-9-5-17-6-10-8-2-3-11(18)15(20)16(8)21-13(14(9)10)4-12(7)19/h2-4,10,17-20H,5-6H2,1H3. The van der Waals surface area contributed by atoms with E-state index in [-0.39, 0.29) is 28.9 Å². The number of rotatable bonds is 0. The second-order valence-electron chi connectivity index (χ2n) is 5.55. The van der Waals surface area contributed by atoms with Gasteiger partial charge in [-0.2, -0.15) is 0 Å². The van der Waals surface area contributed by atoms with E-state index >= 15 is 0 Å². The molecule has 0 saturated heterocycles. The van der Waals surface area contributed by atoms with Gasteiger partial charge in [0.1, 0.15) is 11.5 Å². The lowest BCUT2D eigenvalue weighted by atomic mass is 9.81. The molecule has 0 aliphatic carbocycles. The molecule has 2 aliphatic heterocycles. The molecule has 2 aliphatic rings. The van der Waals surface area contributed by atoms with Crippen molar-refractivity contribution in [1.29, 1.82) is 0 Å². The molecule has 1 atom stereocenters. The number of fused-ring (bicyclic) bond motifs is 2. The molecule has 1 unspecified atom stereocenters. The van der Waals surface area contributed by atoms with Gasteiger partial charge in [-0.3, -0.25) is 0 Å². The fourth-order valence-corrected chi connectivity index (χ4v) is 3.29. The molecule has 0 bridgehead atoms. The van der Waals surface area contributed by atoms with E-state index < -0.39 is 0 Å². The molecule has 4 rings (SSSR count). The Kier molecular flexibility index (Phi) is 2.38. The lowest BCUT2D eigenvalue weighted by Crippen LogP contribution is -2.31. The summed E-state index contributed by atoms with van der Waals surface area (Å²) in [6.07, 6.45) is 0. The summed E-state index contributed by atoms with van der Waals surface area (Å²) < 4.78 is 5.77. The predicted molar refractivity (Wildman–Crippen MR) is 76.2 cm³/mol. The minimum absolute atomic E-state index is 0.0401. The maximum atomic E-state index is 10.0. The molecule has 0 spiro atoms. The first-order valence-electron chi connectivity index (χ1n) is 6.86. The zero-order valence-electron chi connectivity index (χ0n) is 11.5. The third-order valence-electron chi connectivity index (χ3n) is 4.42. The van der Waals surface area contributed by atoms with Gasteiger partial charge in [-0.25, -0.2) is 0 Å². The van der Waals surface area contributed by atoms with Crippen molar-refractivity contribution in [2.45, 2.75) is 19.4 Å². The van der Waals surface area contributed by atoms with Crippen LogP contribution in [0.15, 0.2) is 18.2 Å². The van der Waals surface area contributed by atoms with Gasteiger partial charge in [0.25, 0.3) is 0 Å². The van der Waals surface area contributed by atoms with Crippen LogP contribution in [-0.2, 0) is 6.54 Å². The molecule has 2 aromatic carbocycles. The van der Waals surface area contributed by atoms with Crippen LogP contribution in [-0.4, -0.2) is 21.9 Å². The SMILES string of the molecule is Cc1c(O)cc2c3c1CNCC3c1ccc(O)c(O)c1O2. The Morgan fingerprint density at radius 2 is 2.00 bits per heavy atom. The average molecular weight is 285 g/mol. The number of phenols is 3. The van der Waals surface area contributed by atoms with E-state index in [1.165, 1.54) is 6.07 Å². The molecule has 0 fully saturated rings. The summed E-state index contributed by atoms with van der Waals surface area (Å²) in [5, 5.41) is 33.1. The van der Waals surface area contributed by atoms with Crippen molar-refractivity contribution in [2.24, 2.45) is 0 Å². The van der Waals surface area contributed by atoms with Gasteiger partial charge in [0.2, 0.25) is 5.75 Å². The maximum absolute atomic E-state index is 10.0. The molecule has 21 heavy (non-hydrogen) atoms. The van der Waals surface area contributed by atoms with E-state index in [9.17, 15) is 15.3 Å². The highest BCUT2D eigenvalue weighted by molar-refractivity contribution is 5.66. The van der Waals surface area contributed by atoms with Crippen molar-refractivity contribution >= 4 is 0 Å². The average Bonchev–Trinajstić information content (AvgIpc) is 2.49. The van der Waals surface area contributed by atoms with E-state index in [1.54, 1.807) is 12.1 Å². The van der Waals surface area contributed by atoms with Crippen molar-refractivity contribution in [3.8, 4) is 28.7 Å². The van der Waals surface area contributed by atoms with Gasteiger partial charge in [-0.05, 0) is 24.1 Å². The summed E-state index contributed by atoms with van der Waals surface area (Å²) in [5.41, 5.74) is 3.79. The van der Waals surface area contributed by atoms with Gasteiger partial charge in [0.05, 0.1) is 0 Å². The van der Waals surface area contributed by atoms with Crippen LogP contribution < -0.4 is 10.1 Å². The molecule has 2 aromatic rings. The number of ether oxygens (including phenoxy) is 1. The lowest BCUT2D eigenvalue weighted by molar-refractivity contribution is 0.355. The van der Waals surface area contributed by atoms with Crippen molar-refractivity contribution in [1.82, 2.24) is 5.32 Å². The lowest BCUT2D eigenvalue weighted by Gasteiger charge is -2.35. The molecule has 0 aromatic heterocycles. The Morgan fingerprint density at radius 1 is 1.19 bits per heavy atom. The van der Waals surface area contributed by atoms with Crippen LogP contribution in [0.4, 0.5) is 0 Å². The van der Waals surface area contributed by atoms with E-state index in [1.807, 2.05) is 6.92 Å². The first-order chi connectivity index (χ1) is 10.1. The number of nitrogens with one attached hydrogen (secondary N) is 1. The fraction of sp³-hybridized carbons (Fsp3) is 0.250. The largest absolute Gasteiger partial charge is 0.508 e. The summed E-state index contributed by atoms with van der Waals surface area (Å²) in [5.74, 6) is 0.564. The molecule has 108 valence electrons. The normalized spacial score (nSPS) is 18.6. The summed E-state index contributed by atoms with van der Waals surface area (Å²) >= 11 is 0. The minimum atomic E-state index is -0.259. The van der Waals surface area contributed by atoms with Gasteiger partial charge in [0, 0.05) is 36.2 Å². The predicted octanol–water partition coefficient (Wildman–Crippen LogP) is 2.45. The van der Waals surface area contributed by atoms with Crippen molar-refractivity contribution in [3.05, 3.63) is 40.5 Å². The van der Waals surface area contributed by atoms with Crippen molar-refractivity contribution < 1.29 is 20.1 Å². The summed E-state index contributed by atoms with van der Waals surface area (Å²) in [6.45, 7) is 3.30. The van der Waals surface area contributed by atoms with E-state index in [0.717, 1.165) is 28.8 Å². The number of aromatic hydroxyl groups is 3. The monoisotopic (exact) mass is 285 g/mol. The van der Waals surface area contributed by atoms with Crippen LogP contribution in [0.5, 0.6) is 28.7 Å². The first-order valence-corrected chi connectivity index (χ1v) is 6.86. The second kappa shape index (κ2) is 4.05. The number of phenolic OH excluding ortho intramolecular Hbond substituents is 3. The smallest absolute Gasteiger partial charge is 0.201 e. The highest BCUT2D eigenvalue weighted by Crippen LogP contribution is 2.53. The molecule has 0 amide bonds. The fourth-order valence-electron chi connectivity index (χ4n) is 3.29. The van der Waals surface area contributed by atoms with E-state index in [4.69, 9.17) is 4.74 Å². The summed E-state index contributed by atoms with van der Waals surface area (Å²) in [7, 11) is 0. The topological polar surface area (TPSA) is 82.0 Å². The number of hydrogen-bond acceptors (Lipinski definition) is 5. The quantitative estimate of drug-likeness (QED) is 0.559. The molecule has 5 nitrogen and oxygen atoms in total. The number of hydrogen-bond donors (Lipinski definition) is 4. The van der Waals surface area contributed by atoms with Crippen LogP contribution in [0.25, 0.3) is 0 Å². The number of benzene rings is 2. The summed E-state index contributed by atoms with van der Waals surface area (Å²) in [4.78, 5) is 0. The molecule has 5 heteroatoms.